The summed E-state index contributed by atoms with van der Waals surface area (Å²) >= 11 is 0. The van der Waals surface area contributed by atoms with Crippen LogP contribution >= 0.6 is 0 Å². The molecule has 100 valence electrons. The number of para-hydroxylation sites is 1. The molecule has 0 spiro atoms. The van der Waals surface area contributed by atoms with E-state index in [0.717, 1.165) is 12.1 Å². The third-order valence-electron chi connectivity index (χ3n) is 2.90. The predicted octanol–water partition coefficient (Wildman–Crippen LogP) is 3.05. The Hall–Kier alpha value is -1.71. The zero-order valence-electron chi connectivity index (χ0n) is 11.3. The summed E-state index contributed by atoms with van der Waals surface area (Å²) in [5.41, 5.74) is 7.63. The van der Waals surface area contributed by atoms with Crippen LogP contribution in [-0.2, 0) is 4.74 Å². The Balaban J connectivity index is 2.80. The van der Waals surface area contributed by atoms with Crippen LogP contribution in [0, 0.1) is 0 Å². The van der Waals surface area contributed by atoms with Gasteiger partial charge in [0.1, 0.15) is 0 Å². The van der Waals surface area contributed by atoms with Gasteiger partial charge in [-0.05, 0) is 25.5 Å². The van der Waals surface area contributed by atoms with Gasteiger partial charge in [0.15, 0.2) is 0 Å². The maximum atomic E-state index is 11.5. The topological polar surface area (TPSA) is 64.3 Å². The lowest BCUT2D eigenvalue weighted by molar-refractivity contribution is 0.0602. The van der Waals surface area contributed by atoms with E-state index in [1.54, 1.807) is 12.1 Å². The van der Waals surface area contributed by atoms with Crippen LogP contribution < -0.4 is 11.1 Å². The van der Waals surface area contributed by atoms with Crippen molar-refractivity contribution in [2.45, 2.75) is 39.2 Å². The van der Waals surface area contributed by atoms with Crippen LogP contribution in [0.5, 0.6) is 0 Å². The minimum Gasteiger partial charge on any atom is -0.465 e. The summed E-state index contributed by atoms with van der Waals surface area (Å²) in [5.74, 6) is -0.405. The molecular weight excluding hydrogens is 228 g/mol. The number of carbonyl (C=O) groups excluding carboxylic acids is 1. The van der Waals surface area contributed by atoms with Crippen LogP contribution in [0.3, 0.4) is 0 Å². The van der Waals surface area contributed by atoms with Crippen LogP contribution in [-0.4, -0.2) is 19.1 Å². The molecule has 0 bridgehead atoms. The van der Waals surface area contributed by atoms with Crippen molar-refractivity contribution in [1.29, 1.82) is 0 Å². The number of unbranched alkanes of at least 4 members (excludes halogenated alkanes) is 1. The van der Waals surface area contributed by atoms with E-state index < -0.39 is 5.97 Å². The minimum atomic E-state index is -0.405. The average molecular weight is 250 g/mol. The van der Waals surface area contributed by atoms with Gasteiger partial charge in [-0.15, -0.1) is 0 Å². The first-order valence-corrected chi connectivity index (χ1v) is 6.33. The number of rotatable bonds is 6. The average Bonchev–Trinajstić information content (AvgIpc) is 2.38. The Morgan fingerprint density at radius 1 is 1.50 bits per heavy atom. The van der Waals surface area contributed by atoms with Gasteiger partial charge < -0.3 is 15.8 Å². The Kier molecular flexibility index (Phi) is 5.49. The Morgan fingerprint density at radius 2 is 2.22 bits per heavy atom. The fourth-order valence-corrected chi connectivity index (χ4v) is 1.83. The molecule has 1 unspecified atom stereocenters. The first kappa shape index (κ1) is 14.4. The standard InChI is InChI=1S/C14H22N2O2/c1-4-5-7-10(2)16-12-9-6-8-11(13(12)15)14(17)18-3/h6,8-10,16H,4-5,7,15H2,1-3H3. The number of carbonyl (C=O) groups is 1. The lowest BCUT2D eigenvalue weighted by Crippen LogP contribution is -2.17. The third kappa shape index (κ3) is 3.65. The number of nitrogen functional groups attached to an aromatic ring is 1. The molecule has 0 amide bonds. The Bertz CT molecular complexity index is 405. The van der Waals surface area contributed by atoms with Gasteiger partial charge in [-0.3, -0.25) is 0 Å². The van der Waals surface area contributed by atoms with E-state index in [1.807, 2.05) is 6.07 Å². The summed E-state index contributed by atoms with van der Waals surface area (Å²) in [7, 11) is 1.35. The number of benzene rings is 1. The van der Waals surface area contributed by atoms with Crippen LogP contribution in [0.4, 0.5) is 11.4 Å². The molecule has 0 aliphatic rings. The van der Waals surface area contributed by atoms with Crippen LogP contribution in [0.1, 0.15) is 43.5 Å². The zero-order valence-corrected chi connectivity index (χ0v) is 11.3. The highest BCUT2D eigenvalue weighted by atomic mass is 16.5. The van der Waals surface area contributed by atoms with Crippen LogP contribution in [0.15, 0.2) is 18.2 Å². The number of nitrogens with two attached hydrogens (primary N) is 1. The molecule has 0 saturated heterocycles. The van der Waals surface area contributed by atoms with E-state index in [0.29, 0.717) is 17.3 Å². The molecule has 4 heteroatoms. The summed E-state index contributed by atoms with van der Waals surface area (Å²) < 4.78 is 4.70. The second-order valence-electron chi connectivity index (χ2n) is 4.45. The molecule has 0 aromatic heterocycles. The van der Waals surface area contributed by atoms with Gasteiger partial charge in [-0.25, -0.2) is 4.79 Å². The molecule has 3 N–H and O–H groups in total. The largest absolute Gasteiger partial charge is 0.465 e. The molecule has 4 nitrogen and oxygen atoms in total. The van der Waals surface area contributed by atoms with Gasteiger partial charge in [-0.1, -0.05) is 25.8 Å². The van der Waals surface area contributed by atoms with E-state index in [4.69, 9.17) is 10.5 Å². The molecule has 0 aliphatic heterocycles. The normalized spacial score (nSPS) is 11.9. The van der Waals surface area contributed by atoms with Gasteiger partial charge in [0.05, 0.1) is 24.0 Å². The molecule has 0 fully saturated rings. The number of anilines is 2. The lowest BCUT2D eigenvalue weighted by atomic mass is 10.1. The van der Waals surface area contributed by atoms with Crippen molar-refractivity contribution in [3.63, 3.8) is 0 Å². The number of ether oxygens (including phenoxy) is 1. The van der Waals surface area contributed by atoms with E-state index in [-0.39, 0.29) is 0 Å². The summed E-state index contributed by atoms with van der Waals surface area (Å²) in [5, 5.41) is 3.33. The third-order valence-corrected chi connectivity index (χ3v) is 2.90. The van der Waals surface area contributed by atoms with Crippen LogP contribution in [0.25, 0.3) is 0 Å². The molecule has 0 heterocycles. The van der Waals surface area contributed by atoms with Gasteiger partial charge in [0, 0.05) is 6.04 Å². The number of methoxy groups -OCH3 is 1. The molecular formula is C14H22N2O2. The van der Waals surface area contributed by atoms with E-state index in [2.05, 4.69) is 19.2 Å². The molecule has 18 heavy (non-hydrogen) atoms. The quantitative estimate of drug-likeness (QED) is 0.601. The van der Waals surface area contributed by atoms with Crippen molar-refractivity contribution in [3.8, 4) is 0 Å². The van der Waals surface area contributed by atoms with Gasteiger partial charge in [0.2, 0.25) is 0 Å². The van der Waals surface area contributed by atoms with Crippen molar-refractivity contribution in [2.75, 3.05) is 18.2 Å². The first-order chi connectivity index (χ1) is 8.60. The Morgan fingerprint density at radius 3 is 2.83 bits per heavy atom. The lowest BCUT2D eigenvalue weighted by Gasteiger charge is -2.17. The maximum absolute atomic E-state index is 11.5. The van der Waals surface area contributed by atoms with E-state index >= 15 is 0 Å². The molecule has 0 aliphatic carbocycles. The second-order valence-corrected chi connectivity index (χ2v) is 4.45. The number of esters is 1. The zero-order chi connectivity index (χ0) is 13.5. The first-order valence-electron chi connectivity index (χ1n) is 6.33. The molecule has 0 saturated carbocycles. The molecule has 0 radical (unpaired) electrons. The smallest absolute Gasteiger partial charge is 0.340 e. The van der Waals surface area contributed by atoms with Crippen molar-refractivity contribution in [1.82, 2.24) is 0 Å². The molecule has 1 aromatic rings. The predicted molar refractivity (Wildman–Crippen MR) is 74.8 cm³/mol. The highest BCUT2D eigenvalue weighted by Crippen LogP contribution is 2.24. The summed E-state index contributed by atoms with van der Waals surface area (Å²) in [6.07, 6.45) is 3.42. The number of hydrogen-bond donors (Lipinski definition) is 2. The molecule has 1 rings (SSSR count). The van der Waals surface area contributed by atoms with Crippen molar-refractivity contribution >= 4 is 17.3 Å². The van der Waals surface area contributed by atoms with E-state index in [9.17, 15) is 4.79 Å². The van der Waals surface area contributed by atoms with Gasteiger partial charge in [-0.2, -0.15) is 0 Å². The highest BCUT2D eigenvalue weighted by Gasteiger charge is 2.13. The maximum Gasteiger partial charge on any atom is 0.340 e. The number of hydrogen-bond acceptors (Lipinski definition) is 4. The van der Waals surface area contributed by atoms with E-state index in [1.165, 1.54) is 20.0 Å². The van der Waals surface area contributed by atoms with Crippen molar-refractivity contribution in [2.24, 2.45) is 0 Å². The Labute approximate surface area is 109 Å². The van der Waals surface area contributed by atoms with Gasteiger partial charge in [0.25, 0.3) is 0 Å². The SMILES string of the molecule is CCCCC(C)Nc1cccc(C(=O)OC)c1N. The summed E-state index contributed by atoms with van der Waals surface area (Å²) in [6.45, 7) is 4.28. The fourth-order valence-electron chi connectivity index (χ4n) is 1.83. The van der Waals surface area contributed by atoms with Crippen molar-refractivity contribution < 1.29 is 9.53 Å². The minimum absolute atomic E-state index is 0.333. The monoisotopic (exact) mass is 250 g/mol. The summed E-state index contributed by atoms with van der Waals surface area (Å²) in [6, 6.07) is 5.69. The summed E-state index contributed by atoms with van der Waals surface area (Å²) in [4.78, 5) is 11.5. The fraction of sp³-hybridized carbons (Fsp3) is 0.500. The molecule has 1 atom stereocenters. The highest BCUT2D eigenvalue weighted by molar-refractivity contribution is 5.98. The molecule has 1 aromatic carbocycles. The van der Waals surface area contributed by atoms with Crippen molar-refractivity contribution in [3.05, 3.63) is 23.8 Å². The second kappa shape index (κ2) is 6.89. The van der Waals surface area contributed by atoms with Gasteiger partial charge >= 0.3 is 5.97 Å². The van der Waals surface area contributed by atoms with Crippen LogP contribution in [0.2, 0.25) is 0 Å². The number of nitrogens with one attached hydrogen (secondary N) is 1.